The van der Waals surface area contributed by atoms with Gasteiger partial charge in [-0.3, -0.25) is 0 Å². The van der Waals surface area contributed by atoms with Crippen LogP contribution >= 0.6 is 11.3 Å². The van der Waals surface area contributed by atoms with Gasteiger partial charge in [-0.25, -0.2) is 23.1 Å². The monoisotopic (exact) mass is 403 g/mol. The zero-order valence-corrected chi connectivity index (χ0v) is 16.8. The molecule has 2 rings (SSSR count). The molecule has 146 valence electrons. The summed E-state index contributed by atoms with van der Waals surface area (Å²) in [6.45, 7) is 5.86. The summed E-state index contributed by atoms with van der Waals surface area (Å²) in [6.07, 6.45) is 2.78. The number of rotatable bonds is 6. The van der Waals surface area contributed by atoms with Crippen LogP contribution in [0, 0.1) is 17.8 Å². The molecule has 1 aliphatic carbocycles. The number of primary sulfonamides is 1. The molecule has 1 fully saturated rings. The van der Waals surface area contributed by atoms with Crippen LogP contribution in [0.4, 0.5) is 0 Å². The number of nitrogens with two attached hydrogens (primary N) is 1. The van der Waals surface area contributed by atoms with Gasteiger partial charge in [0.25, 0.3) is 0 Å². The summed E-state index contributed by atoms with van der Waals surface area (Å²) in [7, 11) is -3.87. The molecule has 0 amide bonds. The number of ether oxygens (including phenoxy) is 2. The second-order valence-corrected chi connectivity index (χ2v) is 9.83. The van der Waals surface area contributed by atoms with Crippen molar-refractivity contribution >= 4 is 33.3 Å². The second kappa shape index (κ2) is 8.49. The van der Waals surface area contributed by atoms with Crippen LogP contribution in [0.2, 0.25) is 0 Å². The van der Waals surface area contributed by atoms with E-state index in [9.17, 15) is 18.0 Å². The molecule has 3 atom stereocenters. The van der Waals surface area contributed by atoms with Gasteiger partial charge < -0.3 is 9.47 Å². The highest BCUT2D eigenvalue weighted by molar-refractivity contribution is 7.91. The van der Waals surface area contributed by atoms with Crippen LogP contribution in [0.25, 0.3) is 0 Å². The first-order valence-electron chi connectivity index (χ1n) is 8.56. The molecular weight excluding hydrogens is 378 g/mol. The number of hydrogen-bond acceptors (Lipinski definition) is 7. The molecule has 7 nitrogen and oxygen atoms in total. The number of sulfonamides is 1. The Hall–Kier alpha value is -1.45. The molecule has 26 heavy (non-hydrogen) atoms. The van der Waals surface area contributed by atoms with Crippen molar-refractivity contribution < 1.29 is 27.5 Å². The Labute approximate surface area is 157 Å². The van der Waals surface area contributed by atoms with Crippen LogP contribution in [0.5, 0.6) is 0 Å². The quantitative estimate of drug-likeness (QED) is 0.731. The zero-order valence-electron chi connectivity index (χ0n) is 15.1. The van der Waals surface area contributed by atoms with Crippen molar-refractivity contribution in [2.24, 2.45) is 22.9 Å². The average Bonchev–Trinajstić information content (AvgIpc) is 3.02. The summed E-state index contributed by atoms with van der Waals surface area (Å²) < 4.78 is 32.8. The highest BCUT2D eigenvalue weighted by atomic mass is 32.2. The first-order chi connectivity index (χ1) is 12.1. The SMILES string of the molecule is CC1CCC(C(C)C)C(OC(=O)COC(=O)c2csc(S(N)(=O)=O)c2)C1. The maximum absolute atomic E-state index is 12.1. The van der Waals surface area contributed by atoms with Crippen LogP contribution < -0.4 is 5.14 Å². The van der Waals surface area contributed by atoms with Crippen LogP contribution in [0.1, 0.15) is 50.4 Å². The maximum Gasteiger partial charge on any atom is 0.344 e. The lowest BCUT2D eigenvalue weighted by Gasteiger charge is -2.36. The van der Waals surface area contributed by atoms with Crippen molar-refractivity contribution in [3.63, 3.8) is 0 Å². The predicted molar refractivity (Wildman–Crippen MR) is 97.2 cm³/mol. The smallest absolute Gasteiger partial charge is 0.344 e. The van der Waals surface area contributed by atoms with Gasteiger partial charge in [-0.05, 0) is 36.7 Å². The summed E-state index contributed by atoms with van der Waals surface area (Å²) in [4.78, 5) is 24.0. The van der Waals surface area contributed by atoms with Crippen molar-refractivity contribution in [2.75, 3.05) is 6.61 Å². The third-order valence-electron chi connectivity index (χ3n) is 4.66. The molecule has 0 radical (unpaired) electrons. The van der Waals surface area contributed by atoms with E-state index in [2.05, 4.69) is 20.8 Å². The molecule has 1 heterocycles. The van der Waals surface area contributed by atoms with Gasteiger partial charge in [-0.2, -0.15) is 0 Å². The molecule has 1 aliphatic rings. The fourth-order valence-corrected chi connectivity index (χ4v) is 4.81. The highest BCUT2D eigenvalue weighted by Crippen LogP contribution is 2.35. The van der Waals surface area contributed by atoms with Gasteiger partial charge in [0.05, 0.1) is 5.56 Å². The predicted octanol–water partition coefficient (Wildman–Crippen LogP) is 2.56. The summed E-state index contributed by atoms with van der Waals surface area (Å²) in [5.41, 5.74) is 0.0400. The Balaban J connectivity index is 1.89. The van der Waals surface area contributed by atoms with Gasteiger partial charge in [0, 0.05) is 5.38 Å². The van der Waals surface area contributed by atoms with Crippen molar-refractivity contribution in [3.05, 3.63) is 17.0 Å². The lowest BCUT2D eigenvalue weighted by molar-refractivity contribution is -0.159. The van der Waals surface area contributed by atoms with E-state index in [1.54, 1.807) is 0 Å². The third kappa shape index (κ3) is 5.52. The van der Waals surface area contributed by atoms with Crippen LogP contribution in [0.3, 0.4) is 0 Å². The van der Waals surface area contributed by atoms with Crippen molar-refractivity contribution in [2.45, 2.75) is 50.3 Å². The Morgan fingerprint density at radius 3 is 2.62 bits per heavy atom. The van der Waals surface area contributed by atoms with Gasteiger partial charge in [0.1, 0.15) is 10.3 Å². The summed E-state index contributed by atoms with van der Waals surface area (Å²) in [5, 5.41) is 6.33. The molecule has 1 saturated carbocycles. The first kappa shape index (κ1) is 20.9. The number of thiophene rings is 1. The molecular formula is C17H25NO6S2. The lowest BCUT2D eigenvalue weighted by atomic mass is 9.75. The number of hydrogen-bond donors (Lipinski definition) is 1. The molecule has 0 aromatic carbocycles. The van der Waals surface area contributed by atoms with Crippen molar-refractivity contribution in [1.29, 1.82) is 0 Å². The highest BCUT2D eigenvalue weighted by Gasteiger charge is 2.33. The van der Waals surface area contributed by atoms with E-state index in [-0.39, 0.29) is 15.9 Å². The lowest BCUT2D eigenvalue weighted by Crippen LogP contribution is -2.36. The second-order valence-electron chi connectivity index (χ2n) is 7.13. The molecule has 1 aromatic heterocycles. The Bertz CT molecular complexity index is 755. The topological polar surface area (TPSA) is 113 Å². The molecule has 0 aliphatic heterocycles. The largest absolute Gasteiger partial charge is 0.460 e. The first-order valence-corrected chi connectivity index (χ1v) is 11.0. The van der Waals surface area contributed by atoms with E-state index in [4.69, 9.17) is 14.6 Å². The van der Waals surface area contributed by atoms with Gasteiger partial charge in [0.15, 0.2) is 6.61 Å². The van der Waals surface area contributed by atoms with E-state index < -0.39 is 28.6 Å². The molecule has 3 unspecified atom stereocenters. The minimum Gasteiger partial charge on any atom is -0.460 e. The minimum atomic E-state index is -3.87. The number of carbonyl (C=O) groups excluding carboxylic acids is 2. The van der Waals surface area contributed by atoms with Crippen LogP contribution in [0.15, 0.2) is 15.7 Å². The summed E-state index contributed by atoms with van der Waals surface area (Å²) in [5.74, 6) is -0.173. The van der Waals surface area contributed by atoms with E-state index in [0.29, 0.717) is 17.8 Å². The van der Waals surface area contributed by atoms with E-state index in [0.717, 1.165) is 36.7 Å². The normalized spacial score (nSPS) is 23.7. The molecule has 2 N–H and O–H groups in total. The molecule has 1 aromatic rings. The van der Waals surface area contributed by atoms with Crippen LogP contribution in [-0.2, 0) is 24.3 Å². The van der Waals surface area contributed by atoms with Gasteiger partial charge in [0.2, 0.25) is 10.0 Å². The molecule has 0 spiro atoms. The Kier molecular flexibility index (Phi) is 6.81. The number of esters is 2. The maximum atomic E-state index is 12.1. The standard InChI is InChI=1S/C17H25NO6S2/c1-10(2)13-5-4-11(3)6-14(13)24-15(19)8-23-17(20)12-7-16(25-9-12)26(18,21)22/h7,9-11,13-14H,4-6,8H2,1-3H3,(H2,18,21,22). The van der Waals surface area contributed by atoms with Gasteiger partial charge in [-0.1, -0.05) is 27.2 Å². The number of carbonyl (C=O) groups is 2. The molecule has 9 heteroatoms. The Morgan fingerprint density at radius 1 is 1.35 bits per heavy atom. The molecule has 0 saturated heterocycles. The molecule has 0 bridgehead atoms. The zero-order chi connectivity index (χ0) is 19.5. The minimum absolute atomic E-state index is 0.0400. The van der Waals surface area contributed by atoms with Crippen molar-refractivity contribution in [3.8, 4) is 0 Å². The average molecular weight is 404 g/mol. The van der Waals surface area contributed by atoms with Crippen LogP contribution in [-0.4, -0.2) is 33.1 Å². The summed E-state index contributed by atoms with van der Waals surface area (Å²) in [6, 6.07) is 1.13. The van der Waals surface area contributed by atoms with Gasteiger partial charge in [-0.15, -0.1) is 11.3 Å². The van der Waals surface area contributed by atoms with E-state index >= 15 is 0 Å². The van der Waals surface area contributed by atoms with Gasteiger partial charge >= 0.3 is 11.9 Å². The third-order valence-corrected chi connectivity index (χ3v) is 7.04. The van der Waals surface area contributed by atoms with E-state index in [1.807, 2.05) is 0 Å². The summed E-state index contributed by atoms with van der Waals surface area (Å²) >= 11 is 0.821. The fraction of sp³-hybridized carbons (Fsp3) is 0.647. The fourth-order valence-electron chi connectivity index (χ4n) is 3.23. The Morgan fingerprint density at radius 2 is 2.04 bits per heavy atom. The van der Waals surface area contributed by atoms with Crippen molar-refractivity contribution in [1.82, 2.24) is 0 Å². The van der Waals surface area contributed by atoms with E-state index in [1.165, 1.54) is 5.38 Å².